The molecule has 0 heterocycles. The fourth-order valence-electron chi connectivity index (χ4n) is 2.74. The summed E-state index contributed by atoms with van der Waals surface area (Å²) in [5.74, 6) is -1.01. The number of hydrogen-bond donors (Lipinski definition) is 1. The van der Waals surface area contributed by atoms with E-state index in [1.807, 2.05) is 51.1 Å². The largest absolute Gasteiger partial charge is 0.459 e. The number of carbonyl (C=O) groups is 2. The number of hydrogen-bond acceptors (Lipinski definition) is 4. The molecule has 26 heavy (non-hydrogen) atoms. The van der Waals surface area contributed by atoms with Gasteiger partial charge in [-0.25, -0.2) is 4.79 Å². The molecule has 0 saturated carbocycles. The molecule has 1 atom stereocenters. The lowest BCUT2D eigenvalue weighted by Crippen LogP contribution is -2.62. The van der Waals surface area contributed by atoms with Crippen molar-refractivity contribution >= 4 is 23.4 Å². The molecule has 0 saturated heterocycles. The van der Waals surface area contributed by atoms with E-state index in [1.165, 1.54) is 0 Å². The Labute approximate surface area is 159 Å². The van der Waals surface area contributed by atoms with Crippen molar-refractivity contribution in [1.29, 1.82) is 0 Å². The minimum Gasteiger partial charge on any atom is -0.459 e. The molecule has 0 fully saturated rings. The molecule has 2 rings (SSSR count). The van der Waals surface area contributed by atoms with Crippen molar-refractivity contribution in [2.45, 2.75) is 45.4 Å². The minimum atomic E-state index is -1.53. The lowest BCUT2D eigenvalue weighted by Gasteiger charge is -2.34. The van der Waals surface area contributed by atoms with Crippen molar-refractivity contribution in [1.82, 2.24) is 5.32 Å². The predicted molar refractivity (Wildman–Crippen MR) is 103 cm³/mol. The average molecular weight is 374 g/mol. The fraction of sp³-hybridized carbons (Fsp3) is 0.333. The second-order valence-corrected chi connectivity index (χ2v) is 7.84. The molecule has 0 aliphatic carbocycles. The average Bonchev–Trinajstić information content (AvgIpc) is 2.58. The van der Waals surface area contributed by atoms with E-state index in [9.17, 15) is 9.59 Å². The summed E-state index contributed by atoms with van der Waals surface area (Å²) in [6.07, 6.45) is 0. The molecule has 4 nitrogen and oxygen atoms in total. The van der Waals surface area contributed by atoms with Crippen molar-refractivity contribution in [3.63, 3.8) is 0 Å². The van der Waals surface area contributed by atoms with Gasteiger partial charge in [0.2, 0.25) is 0 Å². The predicted octanol–water partition coefficient (Wildman–Crippen LogP) is 4.41. The lowest BCUT2D eigenvalue weighted by molar-refractivity contribution is -0.150. The van der Waals surface area contributed by atoms with Crippen molar-refractivity contribution < 1.29 is 14.3 Å². The minimum absolute atomic E-state index is 0.101. The summed E-state index contributed by atoms with van der Waals surface area (Å²) in [5, 5.41) is 3.56. The van der Waals surface area contributed by atoms with Gasteiger partial charge in [0.1, 0.15) is 6.61 Å². The maximum atomic E-state index is 13.1. The number of Topliss-reactive ketones (excluding diaryl/α,β-unsaturated/α-hetero) is 1. The summed E-state index contributed by atoms with van der Waals surface area (Å²) >= 11 is 6.00. The van der Waals surface area contributed by atoms with E-state index in [2.05, 4.69) is 5.32 Å². The molecule has 2 aromatic carbocycles. The van der Waals surface area contributed by atoms with Crippen LogP contribution < -0.4 is 5.32 Å². The third-order valence-corrected chi connectivity index (χ3v) is 4.02. The second-order valence-electron chi connectivity index (χ2n) is 7.40. The topological polar surface area (TPSA) is 55.4 Å². The van der Waals surface area contributed by atoms with E-state index in [0.29, 0.717) is 10.6 Å². The van der Waals surface area contributed by atoms with Crippen LogP contribution in [0.5, 0.6) is 0 Å². The molecule has 5 heteroatoms. The summed E-state index contributed by atoms with van der Waals surface area (Å²) in [6.45, 7) is 7.32. The molecule has 0 aliphatic heterocycles. The molecular formula is C21H24ClNO3. The molecule has 1 N–H and O–H groups in total. The van der Waals surface area contributed by atoms with Crippen LogP contribution in [0.15, 0.2) is 54.6 Å². The Balaban J connectivity index is 2.28. The Morgan fingerprint density at radius 1 is 1.00 bits per heavy atom. The Hall–Kier alpha value is -2.17. The van der Waals surface area contributed by atoms with Crippen LogP contribution in [-0.2, 0) is 16.1 Å². The van der Waals surface area contributed by atoms with E-state index in [1.54, 1.807) is 31.2 Å². The molecule has 0 spiro atoms. The first-order chi connectivity index (χ1) is 12.1. The van der Waals surface area contributed by atoms with Gasteiger partial charge >= 0.3 is 5.97 Å². The molecule has 0 bridgehead atoms. The normalized spacial score (nSPS) is 13.7. The highest BCUT2D eigenvalue weighted by Crippen LogP contribution is 2.22. The van der Waals surface area contributed by atoms with Crippen LogP contribution in [0, 0.1) is 0 Å². The van der Waals surface area contributed by atoms with E-state index in [0.717, 1.165) is 5.56 Å². The SMILES string of the molecule is CC(C)(C)NC(C)(C(=O)OCc1ccccc1)C(=O)c1cccc(Cl)c1. The Morgan fingerprint density at radius 3 is 2.23 bits per heavy atom. The smallest absolute Gasteiger partial charge is 0.334 e. The van der Waals surface area contributed by atoms with Gasteiger partial charge in [0.15, 0.2) is 11.3 Å². The number of esters is 1. The van der Waals surface area contributed by atoms with Crippen molar-refractivity contribution in [3.05, 3.63) is 70.7 Å². The third-order valence-electron chi connectivity index (χ3n) is 3.79. The van der Waals surface area contributed by atoms with E-state index in [-0.39, 0.29) is 12.4 Å². The second kappa shape index (κ2) is 8.02. The van der Waals surface area contributed by atoms with Crippen molar-refractivity contribution in [2.24, 2.45) is 0 Å². The standard InChI is InChI=1S/C21H24ClNO3/c1-20(2,3)23-21(4,18(24)16-11-8-12-17(22)13-16)19(25)26-14-15-9-6-5-7-10-15/h5-13,23H,14H2,1-4H3. The number of halogens is 1. The highest BCUT2D eigenvalue weighted by Gasteiger charge is 2.45. The monoisotopic (exact) mass is 373 g/mol. The zero-order valence-electron chi connectivity index (χ0n) is 15.5. The summed E-state index contributed by atoms with van der Waals surface area (Å²) in [5.41, 5.74) is -0.797. The highest BCUT2D eigenvalue weighted by molar-refractivity contribution is 6.31. The van der Waals surface area contributed by atoms with Gasteiger partial charge in [-0.3, -0.25) is 10.1 Å². The Bertz CT molecular complexity index is 783. The van der Waals surface area contributed by atoms with Gasteiger partial charge in [0.25, 0.3) is 0 Å². The highest BCUT2D eigenvalue weighted by atomic mass is 35.5. The van der Waals surface area contributed by atoms with Crippen LogP contribution in [-0.4, -0.2) is 22.8 Å². The van der Waals surface area contributed by atoms with Gasteiger partial charge in [0.05, 0.1) is 0 Å². The van der Waals surface area contributed by atoms with E-state index < -0.39 is 17.0 Å². The number of benzene rings is 2. The van der Waals surface area contributed by atoms with Crippen molar-refractivity contribution in [3.8, 4) is 0 Å². The number of rotatable bonds is 6. The van der Waals surface area contributed by atoms with Gasteiger partial charge in [-0.1, -0.05) is 54.1 Å². The van der Waals surface area contributed by atoms with Gasteiger partial charge in [-0.2, -0.15) is 0 Å². The summed E-state index contributed by atoms with van der Waals surface area (Å²) in [7, 11) is 0. The first kappa shape index (κ1) is 20.1. The molecule has 0 radical (unpaired) electrons. The zero-order chi connectivity index (χ0) is 19.4. The fourth-order valence-corrected chi connectivity index (χ4v) is 2.93. The Morgan fingerprint density at radius 2 is 1.65 bits per heavy atom. The zero-order valence-corrected chi connectivity index (χ0v) is 16.3. The molecule has 0 aromatic heterocycles. The van der Waals surface area contributed by atoms with Gasteiger partial charge in [-0.15, -0.1) is 0 Å². The summed E-state index contributed by atoms with van der Waals surface area (Å²) in [4.78, 5) is 26.0. The molecule has 138 valence electrons. The molecule has 1 unspecified atom stereocenters. The van der Waals surface area contributed by atoms with Crippen LogP contribution in [0.4, 0.5) is 0 Å². The first-order valence-electron chi connectivity index (χ1n) is 8.43. The Kier molecular flexibility index (Phi) is 6.21. The van der Waals surface area contributed by atoms with Gasteiger partial charge in [0, 0.05) is 16.1 Å². The first-order valence-corrected chi connectivity index (χ1v) is 8.80. The lowest BCUT2D eigenvalue weighted by atomic mass is 9.88. The summed E-state index contributed by atoms with van der Waals surface area (Å²) < 4.78 is 5.46. The maximum Gasteiger partial charge on any atom is 0.334 e. The molecule has 0 amide bonds. The number of ether oxygens (including phenoxy) is 1. The van der Waals surface area contributed by atoms with E-state index in [4.69, 9.17) is 16.3 Å². The molecular weight excluding hydrogens is 350 g/mol. The van der Waals surface area contributed by atoms with Crippen LogP contribution >= 0.6 is 11.6 Å². The van der Waals surface area contributed by atoms with Crippen LogP contribution in [0.1, 0.15) is 43.6 Å². The molecule has 0 aliphatic rings. The maximum absolute atomic E-state index is 13.1. The van der Waals surface area contributed by atoms with Crippen LogP contribution in [0.3, 0.4) is 0 Å². The van der Waals surface area contributed by atoms with E-state index >= 15 is 0 Å². The number of nitrogens with one attached hydrogen (secondary N) is 1. The quantitative estimate of drug-likeness (QED) is 0.463. The third kappa shape index (κ3) is 5.16. The molecule has 2 aromatic rings. The summed E-state index contributed by atoms with van der Waals surface area (Å²) in [6, 6.07) is 15.9. The van der Waals surface area contributed by atoms with Crippen LogP contribution in [0.2, 0.25) is 5.02 Å². The van der Waals surface area contributed by atoms with Gasteiger partial charge in [-0.05, 0) is 45.4 Å². The number of ketones is 1. The van der Waals surface area contributed by atoms with Gasteiger partial charge < -0.3 is 4.74 Å². The number of carbonyl (C=O) groups excluding carboxylic acids is 2. The van der Waals surface area contributed by atoms with Crippen molar-refractivity contribution in [2.75, 3.05) is 0 Å². The van der Waals surface area contributed by atoms with Crippen LogP contribution in [0.25, 0.3) is 0 Å².